The second-order valence-electron chi connectivity index (χ2n) is 5.50. The van der Waals surface area contributed by atoms with Gasteiger partial charge in [-0.15, -0.1) is 22.7 Å². The summed E-state index contributed by atoms with van der Waals surface area (Å²) in [7, 11) is 0. The van der Waals surface area contributed by atoms with Crippen LogP contribution in [-0.2, 0) is 11.3 Å². The normalized spacial score (nSPS) is 12.2. The molecule has 1 unspecified atom stereocenters. The van der Waals surface area contributed by atoms with Gasteiger partial charge in [-0.25, -0.2) is 9.97 Å². The van der Waals surface area contributed by atoms with Gasteiger partial charge in [-0.05, 0) is 26.3 Å². The highest BCUT2D eigenvalue weighted by atomic mass is 32.1. The fourth-order valence-electron chi connectivity index (χ4n) is 2.41. The summed E-state index contributed by atoms with van der Waals surface area (Å²) in [6, 6.07) is 1.99. The van der Waals surface area contributed by atoms with Gasteiger partial charge in [-0.2, -0.15) is 5.26 Å². The van der Waals surface area contributed by atoms with Gasteiger partial charge in [0.1, 0.15) is 9.84 Å². The Morgan fingerprint density at radius 3 is 2.79 bits per heavy atom. The molecule has 0 saturated heterocycles. The number of nitriles is 1. The molecular formula is C16H14N4O2S2. The summed E-state index contributed by atoms with van der Waals surface area (Å²) >= 11 is 2.74. The maximum absolute atomic E-state index is 12.6. The zero-order chi connectivity index (χ0) is 17.4. The minimum absolute atomic E-state index is 0.188. The van der Waals surface area contributed by atoms with Crippen molar-refractivity contribution in [3.8, 4) is 6.07 Å². The van der Waals surface area contributed by atoms with Gasteiger partial charge < -0.3 is 0 Å². The summed E-state index contributed by atoms with van der Waals surface area (Å²) in [6.45, 7) is 5.43. The Morgan fingerprint density at radius 1 is 1.42 bits per heavy atom. The minimum Gasteiger partial charge on any atom is -0.296 e. The molecule has 0 aromatic carbocycles. The highest BCUT2D eigenvalue weighted by Crippen LogP contribution is 2.26. The molecule has 1 atom stereocenters. The summed E-state index contributed by atoms with van der Waals surface area (Å²) in [5.74, 6) is -1.32. The maximum Gasteiger partial charge on any atom is 0.262 e. The number of carbonyl (C=O) groups excluding carboxylic acids is 1. The monoisotopic (exact) mass is 358 g/mol. The van der Waals surface area contributed by atoms with E-state index in [4.69, 9.17) is 0 Å². The summed E-state index contributed by atoms with van der Waals surface area (Å²) in [5, 5.41) is 12.1. The van der Waals surface area contributed by atoms with Crippen molar-refractivity contribution in [2.75, 3.05) is 0 Å². The molecule has 0 spiro atoms. The molecule has 0 radical (unpaired) electrons. The highest BCUT2D eigenvalue weighted by molar-refractivity contribution is 7.18. The highest BCUT2D eigenvalue weighted by Gasteiger charge is 2.24. The quantitative estimate of drug-likeness (QED) is 0.715. The fraction of sp³-hybridized carbons (Fsp3) is 0.312. The number of hydrogen-bond acceptors (Lipinski definition) is 7. The molecule has 0 fully saturated rings. The summed E-state index contributed by atoms with van der Waals surface area (Å²) in [6.07, 6.45) is 1.37. The standard InChI is InChI=1S/C16H14N4O2S2/c1-8-6-23-14(19-8)11(4-17)12(21)5-20-7-18-15-13(16(20)22)9(2)10(3)24-15/h6-7,11H,5H2,1-3H3. The largest absolute Gasteiger partial charge is 0.296 e. The Labute approximate surface area is 146 Å². The number of aromatic nitrogens is 3. The fourth-order valence-corrected chi connectivity index (χ4v) is 4.26. The molecule has 3 aromatic heterocycles. The van der Waals surface area contributed by atoms with Crippen LogP contribution in [0.2, 0.25) is 0 Å². The van der Waals surface area contributed by atoms with Gasteiger partial charge in [0.2, 0.25) is 0 Å². The molecule has 0 amide bonds. The maximum atomic E-state index is 12.6. The van der Waals surface area contributed by atoms with Crippen LogP contribution in [0, 0.1) is 32.1 Å². The number of nitrogens with zero attached hydrogens (tertiary/aromatic N) is 4. The average Bonchev–Trinajstić information content (AvgIpc) is 3.08. The number of carbonyl (C=O) groups is 1. The lowest BCUT2D eigenvalue weighted by Gasteiger charge is -2.07. The Balaban J connectivity index is 1.96. The van der Waals surface area contributed by atoms with Crippen LogP contribution in [0.5, 0.6) is 0 Å². The molecule has 3 rings (SSSR count). The van der Waals surface area contributed by atoms with Gasteiger partial charge in [-0.3, -0.25) is 14.2 Å². The molecule has 122 valence electrons. The van der Waals surface area contributed by atoms with E-state index in [0.29, 0.717) is 15.2 Å². The van der Waals surface area contributed by atoms with E-state index >= 15 is 0 Å². The van der Waals surface area contributed by atoms with Crippen molar-refractivity contribution in [2.24, 2.45) is 0 Å². The lowest BCUT2D eigenvalue weighted by atomic mass is 10.1. The van der Waals surface area contributed by atoms with Crippen LogP contribution in [0.25, 0.3) is 10.2 Å². The van der Waals surface area contributed by atoms with E-state index in [-0.39, 0.29) is 17.9 Å². The number of aryl methyl sites for hydroxylation is 3. The van der Waals surface area contributed by atoms with Gasteiger partial charge in [0.15, 0.2) is 11.7 Å². The van der Waals surface area contributed by atoms with Crippen LogP contribution in [-0.4, -0.2) is 20.3 Å². The molecule has 0 aliphatic heterocycles. The number of ketones is 1. The predicted molar refractivity (Wildman–Crippen MR) is 93.6 cm³/mol. The molecule has 0 N–H and O–H groups in total. The third-order valence-electron chi connectivity index (χ3n) is 3.82. The zero-order valence-electron chi connectivity index (χ0n) is 13.4. The second-order valence-corrected chi connectivity index (χ2v) is 7.59. The molecule has 0 bridgehead atoms. The van der Waals surface area contributed by atoms with Crippen LogP contribution in [0.15, 0.2) is 16.5 Å². The van der Waals surface area contributed by atoms with E-state index in [1.807, 2.05) is 26.8 Å². The van der Waals surface area contributed by atoms with E-state index in [1.54, 1.807) is 5.38 Å². The molecule has 0 saturated carbocycles. The van der Waals surface area contributed by atoms with Crippen LogP contribution in [0.1, 0.15) is 27.1 Å². The van der Waals surface area contributed by atoms with Gasteiger partial charge in [0, 0.05) is 16.0 Å². The third-order valence-corrected chi connectivity index (χ3v) is 5.96. The Kier molecular flexibility index (Phi) is 4.30. The number of Topliss-reactive ketones (excluding diaryl/α,β-unsaturated/α-hetero) is 1. The average molecular weight is 358 g/mol. The SMILES string of the molecule is Cc1csc(C(C#N)C(=O)Cn2cnc3sc(C)c(C)c3c2=O)n1. The van der Waals surface area contributed by atoms with Crippen molar-refractivity contribution < 1.29 is 4.79 Å². The van der Waals surface area contributed by atoms with Crippen LogP contribution in [0.3, 0.4) is 0 Å². The summed E-state index contributed by atoms with van der Waals surface area (Å²) in [4.78, 5) is 35.3. The van der Waals surface area contributed by atoms with Crippen molar-refractivity contribution in [1.29, 1.82) is 5.26 Å². The van der Waals surface area contributed by atoms with E-state index in [9.17, 15) is 14.9 Å². The number of rotatable bonds is 4. The van der Waals surface area contributed by atoms with Crippen LogP contribution in [0.4, 0.5) is 0 Å². The first-order valence-electron chi connectivity index (χ1n) is 7.22. The molecule has 3 heterocycles. The first kappa shape index (κ1) is 16.5. The minimum atomic E-state index is -0.961. The van der Waals surface area contributed by atoms with E-state index in [1.165, 1.54) is 33.6 Å². The predicted octanol–water partition coefficient (Wildman–Crippen LogP) is 2.72. The van der Waals surface area contributed by atoms with Crippen LogP contribution >= 0.6 is 22.7 Å². The molecule has 8 heteroatoms. The molecule has 0 aliphatic carbocycles. The first-order chi connectivity index (χ1) is 11.4. The lowest BCUT2D eigenvalue weighted by molar-refractivity contribution is -0.120. The molecule has 0 aliphatic rings. The Hall–Kier alpha value is -2.37. The molecule has 24 heavy (non-hydrogen) atoms. The van der Waals surface area contributed by atoms with Gasteiger partial charge in [0.25, 0.3) is 5.56 Å². The topological polar surface area (TPSA) is 88.6 Å². The third kappa shape index (κ3) is 2.77. The number of thiophene rings is 1. The molecule has 6 nitrogen and oxygen atoms in total. The summed E-state index contributed by atoms with van der Waals surface area (Å²) in [5.41, 5.74) is 1.41. The van der Waals surface area contributed by atoms with Crippen molar-refractivity contribution in [2.45, 2.75) is 33.2 Å². The van der Waals surface area contributed by atoms with Crippen LogP contribution < -0.4 is 5.56 Å². The zero-order valence-corrected chi connectivity index (χ0v) is 15.0. The second kappa shape index (κ2) is 6.26. The summed E-state index contributed by atoms with van der Waals surface area (Å²) < 4.78 is 1.27. The van der Waals surface area contributed by atoms with E-state index in [2.05, 4.69) is 9.97 Å². The Bertz CT molecular complexity index is 1040. The number of thiazole rings is 1. The molecule has 3 aromatic rings. The van der Waals surface area contributed by atoms with Crippen molar-refractivity contribution in [3.63, 3.8) is 0 Å². The number of fused-ring (bicyclic) bond motifs is 1. The van der Waals surface area contributed by atoms with Crippen molar-refractivity contribution in [1.82, 2.24) is 14.5 Å². The van der Waals surface area contributed by atoms with Crippen molar-refractivity contribution in [3.05, 3.63) is 43.2 Å². The van der Waals surface area contributed by atoms with Gasteiger partial charge in [-0.1, -0.05) is 0 Å². The van der Waals surface area contributed by atoms with Gasteiger partial charge >= 0.3 is 0 Å². The first-order valence-corrected chi connectivity index (χ1v) is 8.91. The lowest BCUT2D eigenvalue weighted by Crippen LogP contribution is -2.27. The molecular weight excluding hydrogens is 344 g/mol. The van der Waals surface area contributed by atoms with Crippen molar-refractivity contribution >= 4 is 38.7 Å². The van der Waals surface area contributed by atoms with E-state index < -0.39 is 5.92 Å². The number of hydrogen-bond donors (Lipinski definition) is 0. The Morgan fingerprint density at radius 2 is 2.17 bits per heavy atom. The van der Waals surface area contributed by atoms with Gasteiger partial charge in [0.05, 0.1) is 24.3 Å². The smallest absolute Gasteiger partial charge is 0.262 e. The van der Waals surface area contributed by atoms with E-state index in [0.717, 1.165) is 16.1 Å².